The fourth-order valence-electron chi connectivity index (χ4n) is 3.43. The highest BCUT2D eigenvalue weighted by Crippen LogP contribution is 2.45. The van der Waals surface area contributed by atoms with Crippen LogP contribution in [0.1, 0.15) is 33.4 Å². The molecule has 0 fully saturated rings. The molecule has 2 aromatic rings. The summed E-state index contributed by atoms with van der Waals surface area (Å²) in [6, 6.07) is 0. The van der Waals surface area contributed by atoms with E-state index in [0.29, 0.717) is 29.4 Å². The van der Waals surface area contributed by atoms with Crippen LogP contribution < -0.4 is 0 Å². The first-order chi connectivity index (χ1) is 12.5. The van der Waals surface area contributed by atoms with Crippen molar-refractivity contribution in [2.24, 2.45) is 0 Å². The fourth-order valence-corrected chi connectivity index (χ4v) is 7.15. The molecule has 0 saturated heterocycles. The number of halogens is 2. The molecule has 2 rings (SSSR count). The molecule has 0 aliphatic heterocycles. The molecule has 0 bridgehead atoms. The standard InChI is InChI=1S/C18H20I2O6S2/c1-7-9(3)15(19)11(5)17(27(21,22)23)13(7)14-8(2)10(4)16(20)12(6)18(14)28(24,25)26/h1-6H3,(H,21,22,23)(H,24,25,26). The summed E-state index contributed by atoms with van der Waals surface area (Å²) in [5.74, 6) is 0. The minimum Gasteiger partial charge on any atom is -0.282 e. The van der Waals surface area contributed by atoms with Gasteiger partial charge in [-0.1, -0.05) is 0 Å². The highest BCUT2D eigenvalue weighted by atomic mass is 127. The fraction of sp³-hybridized carbons (Fsp3) is 0.333. The zero-order valence-electron chi connectivity index (χ0n) is 16.1. The van der Waals surface area contributed by atoms with Gasteiger partial charge in [0.15, 0.2) is 0 Å². The zero-order chi connectivity index (χ0) is 21.9. The number of rotatable bonds is 3. The SMILES string of the molecule is Cc1c(C)c(-c2c(C)c(C)c(I)c(C)c2S(=O)(=O)O)c(S(=O)(=O)O)c(C)c1I. The smallest absolute Gasteiger partial charge is 0.282 e. The van der Waals surface area contributed by atoms with Crippen molar-refractivity contribution in [2.45, 2.75) is 51.3 Å². The van der Waals surface area contributed by atoms with Crippen molar-refractivity contribution >= 4 is 65.4 Å². The second-order valence-corrected chi connectivity index (χ2v) is 11.6. The van der Waals surface area contributed by atoms with Crippen LogP contribution in [0.5, 0.6) is 0 Å². The highest BCUT2D eigenvalue weighted by Gasteiger charge is 2.32. The summed E-state index contributed by atoms with van der Waals surface area (Å²) in [5, 5.41) is 0. The van der Waals surface area contributed by atoms with Gasteiger partial charge in [0.2, 0.25) is 0 Å². The summed E-state index contributed by atoms with van der Waals surface area (Å²) in [6.45, 7) is 10.1. The summed E-state index contributed by atoms with van der Waals surface area (Å²) in [6.07, 6.45) is 0. The van der Waals surface area contributed by atoms with Gasteiger partial charge in [0, 0.05) is 18.3 Å². The van der Waals surface area contributed by atoms with Gasteiger partial charge in [-0.15, -0.1) is 0 Å². The Morgan fingerprint density at radius 1 is 0.536 bits per heavy atom. The normalized spacial score (nSPS) is 12.5. The van der Waals surface area contributed by atoms with Crippen LogP contribution in [-0.2, 0) is 20.2 Å². The van der Waals surface area contributed by atoms with Gasteiger partial charge in [-0.05, 0) is 120 Å². The molecule has 0 aromatic heterocycles. The Balaban J connectivity index is 3.38. The topological polar surface area (TPSA) is 109 Å². The third kappa shape index (κ3) is 3.87. The van der Waals surface area contributed by atoms with E-state index in [0.717, 1.165) is 11.1 Å². The second-order valence-electron chi connectivity index (χ2n) is 6.74. The first-order valence-corrected chi connectivity index (χ1v) is 13.1. The van der Waals surface area contributed by atoms with Crippen LogP contribution in [0.3, 0.4) is 0 Å². The molecule has 0 radical (unpaired) electrons. The lowest BCUT2D eigenvalue weighted by atomic mass is 9.89. The molecule has 2 N–H and O–H groups in total. The first kappa shape index (κ1) is 24.0. The summed E-state index contributed by atoms with van der Waals surface area (Å²) >= 11 is 4.01. The number of hydrogen-bond acceptors (Lipinski definition) is 4. The van der Waals surface area contributed by atoms with Crippen molar-refractivity contribution in [2.75, 3.05) is 0 Å². The van der Waals surface area contributed by atoms with Crippen LogP contribution >= 0.6 is 45.2 Å². The van der Waals surface area contributed by atoms with Crippen molar-refractivity contribution in [3.05, 3.63) is 40.5 Å². The highest BCUT2D eigenvalue weighted by molar-refractivity contribution is 14.1. The van der Waals surface area contributed by atoms with Crippen molar-refractivity contribution in [1.29, 1.82) is 0 Å². The average Bonchev–Trinajstić information content (AvgIpc) is 2.55. The van der Waals surface area contributed by atoms with Crippen molar-refractivity contribution in [3.63, 3.8) is 0 Å². The van der Waals surface area contributed by atoms with Crippen molar-refractivity contribution < 1.29 is 25.9 Å². The Hall–Kier alpha value is -0.280. The lowest BCUT2D eigenvalue weighted by molar-refractivity contribution is 0.479. The van der Waals surface area contributed by atoms with E-state index in [9.17, 15) is 25.9 Å². The zero-order valence-corrected chi connectivity index (χ0v) is 22.0. The summed E-state index contributed by atoms with van der Waals surface area (Å²) in [4.78, 5) is -0.680. The van der Waals surface area contributed by atoms with Gasteiger partial charge in [0.25, 0.3) is 20.2 Å². The van der Waals surface area contributed by atoms with Crippen LogP contribution in [0.2, 0.25) is 0 Å². The molecule has 28 heavy (non-hydrogen) atoms. The number of benzene rings is 2. The molecule has 154 valence electrons. The van der Waals surface area contributed by atoms with Gasteiger partial charge >= 0.3 is 0 Å². The predicted octanol–water partition coefficient (Wildman–Crippen LogP) is 4.91. The van der Waals surface area contributed by atoms with Gasteiger partial charge in [0.1, 0.15) is 9.79 Å². The van der Waals surface area contributed by atoms with Crippen LogP contribution in [0, 0.1) is 48.7 Å². The molecular weight excluding hydrogens is 630 g/mol. The molecule has 6 nitrogen and oxygen atoms in total. The Morgan fingerprint density at radius 3 is 1.00 bits per heavy atom. The van der Waals surface area contributed by atoms with E-state index < -0.39 is 20.2 Å². The van der Waals surface area contributed by atoms with Gasteiger partial charge < -0.3 is 0 Å². The van der Waals surface area contributed by atoms with Crippen LogP contribution in [0.25, 0.3) is 11.1 Å². The molecular formula is C18H20I2O6S2. The second kappa shape index (κ2) is 7.76. The molecule has 0 aliphatic carbocycles. The Kier molecular flexibility index (Phi) is 6.65. The predicted molar refractivity (Wildman–Crippen MR) is 125 cm³/mol. The maximum absolute atomic E-state index is 12.3. The largest absolute Gasteiger partial charge is 0.295 e. The van der Waals surface area contributed by atoms with Crippen LogP contribution in [-0.4, -0.2) is 25.9 Å². The van der Waals surface area contributed by atoms with E-state index >= 15 is 0 Å². The molecule has 0 spiro atoms. The van der Waals surface area contributed by atoms with E-state index in [-0.39, 0.29) is 20.9 Å². The van der Waals surface area contributed by atoms with Gasteiger partial charge in [0.05, 0.1) is 0 Å². The molecule has 10 heteroatoms. The molecule has 2 aromatic carbocycles. The Bertz CT molecular complexity index is 1130. The molecule has 0 amide bonds. The van der Waals surface area contributed by atoms with E-state index in [1.165, 1.54) is 0 Å². The molecule has 0 heterocycles. The summed E-state index contributed by atoms with van der Waals surface area (Å²) < 4.78 is 70.5. The summed E-state index contributed by atoms with van der Waals surface area (Å²) in [5.41, 5.74) is 3.46. The van der Waals surface area contributed by atoms with Crippen molar-refractivity contribution in [3.8, 4) is 11.1 Å². The third-order valence-electron chi connectivity index (χ3n) is 5.09. The molecule has 0 aliphatic rings. The lowest BCUT2D eigenvalue weighted by Gasteiger charge is -2.24. The maximum atomic E-state index is 12.3. The van der Waals surface area contributed by atoms with Crippen LogP contribution in [0.4, 0.5) is 0 Å². The van der Waals surface area contributed by atoms with E-state index in [1.54, 1.807) is 41.5 Å². The molecule has 0 atom stereocenters. The average molecular weight is 650 g/mol. The Labute approximate surface area is 192 Å². The van der Waals surface area contributed by atoms with Crippen molar-refractivity contribution in [1.82, 2.24) is 0 Å². The van der Waals surface area contributed by atoms with Gasteiger partial charge in [-0.2, -0.15) is 16.8 Å². The lowest BCUT2D eigenvalue weighted by Crippen LogP contribution is -2.14. The van der Waals surface area contributed by atoms with Gasteiger partial charge in [-0.3, -0.25) is 9.11 Å². The minimum atomic E-state index is -4.67. The first-order valence-electron chi connectivity index (χ1n) is 8.07. The quantitative estimate of drug-likeness (QED) is 0.362. The minimum absolute atomic E-state index is 0.102. The molecule has 0 unspecified atom stereocenters. The third-order valence-corrected chi connectivity index (χ3v) is 10.4. The van der Waals surface area contributed by atoms with E-state index in [1.807, 2.05) is 45.2 Å². The van der Waals surface area contributed by atoms with E-state index in [4.69, 9.17) is 0 Å². The molecule has 0 saturated carbocycles. The monoisotopic (exact) mass is 650 g/mol. The number of hydrogen-bond donors (Lipinski definition) is 2. The maximum Gasteiger partial charge on any atom is 0.295 e. The van der Waals surface area contributed by atoms with E-state index in [2.05, 4.69) is 0 Å². The summed E-state index contributed by atoms with van der Waals surface area (Å²) in [7, 11) is -9.34. The Morgan fingerprint density at radius 2 is 0.786 bits per heavy atom. The van der Waals surface area contributed by atoms with Gasteiger partial charge in [-0.25, -0.2) is 0 Å². The van der Waals surface area contributed by atoms with Crippen LogP contribution in [0.15, 0.2) is 9.79 Å².